The monoisotopic (exact) mass is 344 g/mol. The Bertz CT molecular complexity index is 709. The Morgan fingerprint density at radius 3 is 2.60 bits per heavy atom. The van der Waals surface area contributed by atoms with Crippen molar-refractivity contribution in [1.82, 2.24) is 19.7 Å². The summed E-state index contributed by atoms with van der Waals surface area (Å²) in [6.07, 6.45) is 8.72. The van der Waals surface area contributed by atoms with E-state index in [-0.39, 0.29) is 5.54 Å². The van der Waals surface area contributed by atoms with Crippen LogP contribution in [0.15, 0.2) is 6.20 Å². The lowest BCUT2D eigenvalue weighted by atomic mass is 9.81. The Balaban J connectivity index is 1.77. The van der Waals surface area contributed by atoms with Crippen LogP contribution in [0.4, 0.5) is 11.8 Å². The maximum Gasteiger partial charge on any atom is 0.226 e. The van der Waals surface area contributed by atoms with Gasteiger partial charge in [0.05, 0.1) is 11.6 Å². The predicted molar refractivity (Wildman–Crippen MR) is 104 cm³/mol. The average molecular weight is 345 g/mol. The Kier molecular flexibility index (Phi) is 5.16. The van der Waals surface area contributed by atoms with Gasteiger partial charge in [0.25, 0.3) is 0 Å². The van der Waals surface area contributed by atoms with E-state index in [1.54, 1.807) is 4.68 Å². The zero-order valence-electron chi connectivity index (χ0n) is 16.3. The molecule has 1 aliphatic rings. The summed E-state index contributed by atoms with van der Waals surface area (Å²) < 4.78 is 1.81. The molecule has 0 saturated heterocycles. The van der Waals surface area contributed by atoms with Crippen molar-refractivity contribution in [2.45, 2.75) is 65.3 Å². The van der Waals surface area contributed by atoms with Crippen LogP contribution < -0.4 is 10.6 Å². The molecule has 1 atom stereocenters. The van der Waals surface area contributed by atoms with Gasteiger partial charge >= 0.3 is 0 Å². The first-order chi connectivity index (χ1) is 11.8. The van der Waals surface area contributed by atoms with E-state index in [1.165, 1.54) is 32.1 Å². The standard InChI is InChI=1S/C19H32N6/c1-13(14-9-7-6-8-10-14)11-20-18-22-16(24-19(2,3)4)15-12-21-25(5)17(15)23-18/h12-14H,6-11H2,1-5H3,(H2,20,22,23,24). The number of aromatic nitrogens is 4. The number of fused-ring (bicyclic) bond motifs is 1. The number of hydrogen-bond acceptors (Lipinski definition) is 5. The summed E-state index contributed by atoms with van der Waals surface area (Å²) in [7, 11) is 1.92. The average Bonchev–Trinajstić information content (AvgIpc) is 2.94. The minimum Gasteiger partial charge on any atom is -0.365 e. The minimum atomic E-state index is -0.0657. The van der Waals surface area contributed by atoms with Gasteiger partial charge in [0.2, 0.25) is 5.95 Å². The summed E-state index contributed by atoms with van der Waals surface area (Å²) >= 11 is 0. The summed E-state index contributed by atoms with van der Waals surface area (Å²) in [6.45, 7) is 9.67. The molecule has 3 rings (SSSR count). The maximum atomic E-state index is 4.73. The van der Waals surface area contributed by atoms with Crippen molar-refractivity contribution >= 4 is 22.8 Å². The third-order valence-electron chi connectivity index (χ3n) is 5.12. The fourth-order valence-electron chi connectivity index (χ4n) is 3.67. The second-order valence-corrected chi connectivity index (χ2v) is 8.53. The number of anilines is 2. The molecule has 0 amide bonds. The molecule has 6 nitrogen and oxygen atoms in total. The van der Waals surface area contributed by atoms with Gasteiger partial charge in [0.15, 0.2) is 5.65 Å². The smallest absolute Gasteiger partial charge is 0.226 e. The third-order valence-corrected chi connectivity index (χ3v) is 5.12. The van der Waals surface area contributed by atoms with Gasteiger partial charge < -0.3 is 10.6 Å². The van der Waals surface area contributed by atoms with Gasteiger partial charge in [-0.05, 0) is 32.6 Å². The quantitative estimate of drug-likeness (QED) is 0.851. The van der Waals surface area contributed by atoms with Gasteiger partial charge in [-0.3, -0.25) is 4.68 Å². The second-order valence-electron chi connectivity index (χ2n) is 8.53. The lowest BCUT2D eigenvalue weighted by Crippen LogP contribution is -2.27. The van der Waals surface area contributed by atoms with Crippen molar-refractivity contribution in [2.75, 3.05) is 17.2 Å². The van der Waals surface area contributed by atoms with Crippen LogP contribution in [0.5, 0.6) is 0 Å². The van der Waals surface area contributed by atoms with Crippen molar-refractivity contribution in [1.29, 1.82) is 0 Å². The van der Waals surface area contributed by atoms with Gasteiger partial charge in [0, 0.05) is 19.1 Å². The Labute approximate surface area is 150 Å². The molecule has 1 aliphatic carbocycles. The number of rotatable bonds is 5. The van der Waals surface area contributed by atoms with Crippen molar-refractivity contribution < 1.29 is 0 Å². The van der Waals surface area contributed by atoms with Crippen molar-refractivity contribution in [2.24, 2.45) is 18.9 Å². The molecule has 2 heterocycles. The van der Waals surface area contributed by atoms with Crippen LogP contribution >= 0.6 is 0 Å². The normalized spacial score (nSPS) is 17.6. The molecule has 2 aromatic rings. The molecule has 1 saturated carbocycles. The van der Waals surface area contributed by atoms with Gasteiger partial charge in [-0.2, -0.15) is 15.1 Å². The molecule has 0 aliphatic heterocycles. The van der Waals surface area contributed by atoms with Crippen LogP contribution in [0, 0.1) is 11.8 Å². The molecule has 0 radical (unpaired) electrons. The van der Waals surface area contributed by atoms with Crippen LogP contribution in [0.25, 0.3) is 11.0 Å². The number of aryl methyl sites for hydroxylation is 1. The molecule has 2 N–H and O–H groups in total. The van der Waals surface area contributed by atoms with E-state index in [2.05, 4.69) is 48.4 Å². The van der Waals surface area contributed by atoms with E-state index < -0.39 is 0 Å². The van der Waals surface area contributed by atoms with Crippen molar-refractivity contribution in [3.05, 3.63) is 6.20 Å². The molecule has 0 spiro atoms. The number of hydrogen-bond donors (Lipinski definition) is 2. The largest absolute Gasteiger partial charge is 0.365 e. The summed E-state index contributed by atoms with van der Waals surface area (Å²) in [5.74, 6) is 3.00. The second kappa shape index (κ2) is 7.18. The minimum absolute atomic E-state index is 0.0657. The lowest BCUT2D eigenvalue weighted by Gasteiger charge is -2.28. The van der Waals surface area contributed by atoms with Gasteiger partial charge in [0.1, 0.15) is 5.82 Å². The fraction of sp³-hybridized carbons (Fsp3) is 0.737. The molecule has 2 aromatic heterocycles. The van der Waals surface area contributed by atoms with E-state index in [1.807, 2.05) is 13.2 Å². The maximum absolute atomic E-state index is 4.73. The summed E-state index contributed by atoms with van der Waals surface area (Å²) in [5, 5.41) is 12.3. The van der Waals surface area contributed by atoms with Gasteiger partial charge in [-0.15, -0.1) is 0 Å². The van der Waals surface area contributed by atoms with E-state index in [4.69, 9.17) is 4.98 Å². The van der Waals surface area contributed by atoms with Crippen molar-refractivity contribution in [3.8, 4) is 0 Å². The van der Waals surface area contributed by atoms with Crippen LogP contribution in [-0.4, -0.2) is 31.8 Å². The van der Waals surface area contributed by atoms with E-state index >= 15 is 0 Å². The Morgan fingerprint density at radius 1 is 1.20 bits per heavy atom. The van der Waals surface area contributed by atoms with Crippen LogP contribution in [0.2, 0.25) is 0 Å². The Hall–Kier alpha value is -1.85. The zero-order chi connectivity index (χ0) is 18.0. The number of nitrogens with zero attached hydrogens (tertiary/aromatic N) is 4. The summed E-state index contributed by atoms with van der Waals surface area (Å²) in [4.78, 5) is 9.41. The molecule has 0 bridgehead atoms. The highest BCUT2D eigenvalue weighted by atomic mass is 15.3. The summed E-state index contributed by atoms with van der Waals surface area (Å²) in [6, 6.07) is 0. The van der Waals surface area contributed by atoms with Crippen molar-refractivity contribution in [3.63, 3.8) is 0 Å². The molecule has 1 unspecified atom stereocenters. The zero-order valence-corrected chi connectivity index (χ0v) is 16.3. The van der Waals surface area contributed by atoms with Gasteiger partial charge in [-0.1, -0.05) is 39.0 Å². The molecule has 138 valence electrons. The van der Waals surface area contributed by atoms with Gasteiger partial charge in [-0.25, -0.2) is 0 Å². The molecule has 6 heteroatoms. The molecule has 1 fully saturated rings. The predicted octanol–water partition coefficient (Wildman–Crippen LogP) is 4.20. The highest BCUT2D eigenvalue weighted by Crippen LogP contribution is 2.30. The number of nitrogens with one attached hydrogen (secondary N) is 2. The first-order valence-electron chi connectivity index (χ1n) is 9.55. The fourth-order valence-corrected chi connectivity index (χ4v) is 3.67. The highest BCUT2D eigenvalue weighted by molar-refractivity contribution is 5.87. The molecule has 0 aromatic carbocycles. The van der Waals surface area contributed by atoms with E-state index in [9.17, 15) is 0 Å². The van der Waals surface area contributed by atoms with E-state index in [0.717, 1.165) is 29.3 Å². The topological polar surface area (TPSA) is 67.7 Å². The first kappa shape index (κ1) is 18.0. The lowest BCUT2D eigenvalue weighted by molar-refractivity contribution is 0.272. The molecular weight excluding hydrogens is 312 g/mol. The SMILES string of the molecule is CC(CNc1nc(NC(C)(C)C)c2cnn(C)c2n1)C1CCCCC1. The van der Waals surface area contributed by atoms with Crippen LogP contribution in [-0.2, 0) is 7.05 Å². The molecule has 25 heavy (non-hydrogen) atoms. The van der Waals surface area contributed by atoms with Crippen LogP contribution in [0.1, 0.15) is 59.8 Å². The Morgan fingerprint density at radius 2 is 1.92 bits per heavy atom. The molecular formula is C19H32N6. The van der Waals surface area contributed by atoms with Crippen LogP contribution in [0.3, 0.4) is 0 Å². The highest BCUT2D eigenvalue weighted by Gasteiger charge is 2.21. The first-order valence-corrected chi connectivity index (χ1v) is 9.55. The van der Waals surface area contributed by atoms with E-state index in [0.29, 0.717) is 11.9 Å². The third kappa shape index (κ3) is 4.41. The summed E-state index contributed by atoms with van der Waals surface area (Å²) in [5.41, 5.74) is 0.790.